The van der Waals surface area contributed by atoms with Crippen LogP contribution in [-0.4, -0.2) is 5.97 Å². The van der Waals surface area contributed by atoms with Gasteiger partial charge < -0.3 is 4.74 Å². The summed E-state index contributed by atoms with van der Waals surface area (Å²) in [5.41, 5.74) is 1.39. The van der Waals surface area contributed by atoms with Crippen molar-refractivity contribution in [3.8, 4) is 5.75 Å². The maximum atomic E-state index is 10.8. The number of hydrogen-bond acceptors (Lipinski definition) is 2. The summed E-state index contributed by atoms with van der Waals surface area (Å²) >= 11 is 0. The Balaban J connectivity index is 1.95. The third kappa shape index (κ3) is 3.34. The van der Waals surface area contributed by atoms with Crippen LogP contribution in [0.2, 0.25) is 0 Å². The SMILES string of the molecule is CCC1CCC(c2ccc(OC(C)=O)cc2)CC1. The summed E-state index contributed by atoms with van der Waals surface area (Å²) in [4.78, 5) is 10.8. The van der Waals surface area contributed by atoms with Crippen LogP contribution < -0.4 is 4.74 Å². The van der Waals surface area contributed by atoms with E-state index in [0.717, 1.165) is 5.92 Å². The lowest BCUT2D eigenvalue weighted by atomic mass is 9.78. The third-order valence-corrected chi connectivity index (χ3v) is 4.04. The fourth-order valence-electron chi connectivity index (χ4n) is 2.88. The summed E-state index contributed by atoms with van der Waals surface area (Å²) in [6.07, 6.45) is 6.62. The molecule has 0 spiro atoms. The van der Waals surface area contributed by atoms with Gasteiger partial charge in [-0.15, -0.1) is 0 Å². The van der Waals surface area contributed by atoms with Crippen LogP contribution in [-0.2, 0) is 4.79 Å². The number of hydrogen-bond donors (Lipinski definition) is 0. The van der Waals surface area contributed by atoms with E-state index in [1.807, 2.05) is 12.1 Å². The van der Waals surface area contributed by atoms with Gasteiger partial charge in [0, 0.05) is 6.92 Å². The number of benzene rings is 1. The molecule has 1 fully saturated rings. The van der Waals surface area contributed by atoms with E-state index in [4.69, 9.17) is 4.74 Å². The molecule has 0 atom stereocenters. The highest BCUT2D eigenvalue weighted by atomic mass is 16.5. The molecule has 0 radical (unpaired) electrons. The largest absolute Gasteiger partial charge is 0.427 e. The molecule has 2 nitrogen and oxygen atoms in total. The summed E-state index contributed by atoms with van der Waals surface area (Å²) in [6.45, 7) is 3.72. The van der Waals surface area contributed by atoms with Gasteiger partial charge in [-0.2, -0.15) is 0 Å². The van der Waals surface area contributed by atoms with Crippen molar-refractivity contribution in [2.45, 2.75) is 51.9 Å². The lowest BCUT2D eigenvalue weighted by molar-refractivity contribution is -0.131. The van der Waals surface area contributed by atoms with Crippen LogP contribution in [0.25, 0.3) is 0 Å². The summed E-state index contributed by atoms with van der Waals surface area (Å²) in [5.74, 6) is 2.01. The van der Waals surface area contributed by atoms with Crippen molar-refractivity contribution in [2.24, 2.45) is 5.92 Å². The van der Waals surface area contributed by atoms with Crippen LogP contribution in [0.4, 0.5) is 0 Å². The van der Waals surface area contributed by atoms with E-state index in [1.54, 1.807) is 0 Å². The molecule has 0 bridgehead atoms. The van der Waals surface area contributed by atoms with E-state index >= 15 is 0 Å². The Labute approximate surface area is 109 Å². The first-order valence-corrected chi connectivity index (χ1v) is 6.97. The van der Waals surface area contributed by atoms with Crippen LogP contribution in [0.3, 0.4) is 0 Å². The molecule has 0 aliphatic heterocycles. The molecule has 1 aromatic carbocycles. The van der Waals surface area contributed by atoms with Crippen molar-refractivity contribution in [1.29, 1.82) is 0 Å². The fraction of sp³-hybridized carbons (Fsp3) is 0.562. The monoisotopic (exact) mass is 246 g/mol. The van der Waals surface area contributed by atoms with Gasteiger partial charge in [0.25, 0.3) is 0 Å². The van der Waals surface area contributed by atoms with E-state index in [0.29, 0.717) is 11.7 Å². The summed E-state index contributed by atoms with van der Waals surface area (Å²) < 4.78 is 5.05. The van der Waals surface area contributed by atoms with Crippen molar-refractivity contribution in [1.82, 2.24) is 0 Å². The Morgan fingerprint density at radius 1 is 1.17 bits per heavy atom. The average molecular weight is 246 g/mol. The molecule has 2 heteroatoms. The Bertz CT molecular complexity index is 386. The first-order valence-electron chi connectivity index (χ1n) is 6.97. The standard InChI is InChI=1S/C16H22O2/c1-3-13-4-6-14(7-5-13)15-8-10-16(11-9-15)18-12(2)17/h8-11,13-14H,3-7H2,1-2H3. The molecule has 0 heterocycles. The van der Waals surface area contributed by atoms with Gasteiger partial charge >= 0.3 is 5.97 Å². The maximum Gasteiger partial charge on any atom is 0.308 e. The van der Waals surface area contributed by atoms with Crippen LogP contribution in [0.15, 0.2) is 24.3 Å². The number of carbonyl (C=O) groups is 1. The van der Waals surface area contributed by atoms with Crippen molar-refractivity contribution in [2.75, 3.05) is 0 Å². The maximum absolute atomic E-state index is 10.8. The van der Waals surface area contributed by atoms with Gasteiger partial charge in [0.05, 0.1) is 0 Å². The third-order valence-electron chi connectivity index (χ3n) is 4.04. The van der Waals surface area contributed by atoms with Crippen LogP contribution in [0.5, 0.6) is 5.75 Å². The predicted octanol–water partition coefficient (Wildman–Crippen LogP) is 4.30. The zero-order valence-electron chi connectivity index (χ0n) is 11.3. The first kappa shape index (κ1) is 13.1. The molecular formula is C16H22O2. The number of esters is 1. The minimum Gasteiger partial charge on any atom is -0.427 e. The lowest BCUT2D eigenvalue weighted by Gasteiger charge is -2.28. The van der Waals surface area contributed by atoms with E-state index in [1.165, 1.54) is 44.6 Å². The zero-order chi connectivity index (χ0) is 13.0. The minimum absolute atomic E-state index is 0.258. The van der Waals surface area contributed by atoms with Crippen molar-refractivity contribution < 1.29 is 9.53 Å². The van der Waals surface area contributed by atoms with Crippen LogP contribution in [0, 0.1) is 5.92 Å². The van der Waals surface area contributed by atoms with Crippen molar-refractivity contribution in [3.05, 3.63) is 29.8 Å². The molecular weight excluding hydrogens is 224 g/mol. The second-order valence-electron chi connectivity index (χ2n) is 5.29. The second-order valence-corrected chi connectivity index (χ2v) is 5.29. The van der Waals surface area contributed by atoms with E-state index < -0.39 is 0 Å². The summed E-state index contributed by atoms with van der Waals surface area (Å²) in [7, 11) is 0. The highest BCUT2D eigenvalue weighted by Gasteiger charge is 2.21. The molecule has 0 N–H and O–H groups in total. The Kier molecular flexibility index (Phi) is 4.40. The molecule has 1 aliphatic rings. The van der Waals surface area contributed by atoms with Crippen LogP contribution in [0.1, 0.15) is 57.4 Å². The molecule has 1 aromatic rings. The van der Waals surface area contributed by atoms with E-state index in [-0.39, 0.29) is 5.97 Å². The average Bonchev–Trinajstić information content (AvgIpc) is 2.39. The van der Waals surface area contributed by atoms with Gasteiger partial charge in [-0.05, 0) is 55.2 Å². The normalized spacial score (nSPS) is 23.7. The Hall–Kier alpha value is -1.31. The highest BCUT2D eigenvalue weighted by molar-refractivity contribution is 5.69. The lowest BCUT2D eigenvalue weighted by Crippen LogP contribution is -2.12. The fourth-order valence-corrected chi connectivity index (χ4v) is 2.88. The van der Waals surface area contributed by atoms with Crippen LogP contribution >= 0.6 is 0 Å². The summed E-state index contributed by atoms with van der Waals surface area (Å²) in [6, 6.07) is 8.02. The van der Waals surface area contributed by atoms with Gasteiger partial charge in [-0.1, -0.05) is 25.5 Å². The van der Waals surface area contributed by atoms with Crippen molar-refractivity contribution in [3.63, 3.8) is 0 Å². The molecule has 1 saturated carbocycles. The number of rotatable bonds is 3. The van der Waals surface area contributed by atoms with E-state index in [9.17, 15) is 4.79 Å². The quantitative estimate of drug-likeness (QED) is 0.587. The topological polar surface area (TPSA) is 26.3 Å². The molecule has 98 valence electrons. The van der Waals surface area contributed by atoms with E-state index in [2.05, 4.69) is 19.1 Å². The van der Waals surface area contributed by atoms with Crippen molar-refractivity contribution >= 4 is 5.97 Å². The molecule has 1 aliphatic carbocycles. The Morgan fingerprint density at radius 3 is 2.28 bits per heavy atom. The van der Waals surface area contributed by atoms with Gasteiger partial charge in [0.2, 0.25) is 0 Å². The molecule has 0 aromatic heterocycles. The smallest absolute Gasteiger partial charge is 0.308 e. The highest BCUT2D eigenvalue weighted by Crippen LogP contribution is 2.37. The number of carbonyl (C=O) groups excluding carboxylic acids is 1. The zero-order valence-corrected chi connectivity index (χ0v) is 11.3. The Morgan fingerprint density at radius 2 is 1.78 bits per heavy atom. The molecule has 18 heavy (non-hydrogen) atoms. The molecule has 0 unspecified atom stereocenters. The molecule has 0 saturated heterocycles. The summed E-state index contributed by atoms with van der Waals surface area (Å²) in [5, 5.41) is 0. The molecule has 0 amide bonds. The van der Waals surface area contributed by atoms with Gasteiger partial charge in [-0.25, -0.2) is 0 Å². The molecule has 2 rings (SSSR count). The number of ether oxygens (including phenoxy) is 1. The van der Waals surface area contributed by atoms with Gasteiger partial charge in [0.15, 0.2) is 0 Å². The van der Waals surface area contributed by atoms with Gasteiger partial charge in [0.1, 0.15) is 5.75 Å². The second kappa shape index (κ2) is 6.03. The first-order chi connectivity index (χ1) is 8.69. The minimum atomic E-state index is -0.258. The predicted molar refractivity (Wildman–Crippen MR) is 72.7 cm³/mol. The van der Waals surface area contributed by atoms with Gasteiger partial charge in [-0.3, -0.25) is 4.79 Å².